The molecule has 0 aromatic rings. The predicted octanol–water partition coefficient (Wildman–Crippen LogP) is 0.571. The molecule has 1 saturated heterocycles. The van der Waals surface area contributed by atoms with Crippen molar-refractivity contribution in [3.8, 4) is 0 Å². The Morgan fingerprint density at radius 1 is 1.33 bits per heavy atom. The van der Waals surface area contributed by atoms with Crippen molar-refractivity contribution in [3.63, 3.8) is 0 Å². The van der Waals surface area contributed by atoms with Crippen LogP contribution in [0.5, 0.6) is 0 Å². The molecule has 0 aliphatic carbocycles. The minimum atomic E-state index is -1.19. The second-order valence-electron chi connectivity index (χ2n) is 3.97. The van der Waals surface area contributed by atoms with Gasteiger partial charge < -0.3 is 14.7 Å². The van der Waals surface area contributed by atoms with E-state index in [1.807, 2.05) is 0 Å². The molecule has 0 radical (unpaired) electrons. The highest BCUT2D eigenvalue weighted by molar-refractivity contribution is 5.96. The zero-order chi connectivity index (χ0) is 13.5. The van der Waals surface area contributed by atoms with E-state index < -0.39 is 23.9 Å². The maximum Gasteiger partial charge on any atom is 0.328 e. The number of hydrogen-bond acceptors (Lipinski definition) is 4. The van der Waals surface area contributed by atoms with Gasteiger partial charge in [0.1, 0.15) is 6.04 Å². The summed E-state index contributed by atoms with van der Waals surface area (Å²) in [5, 5.41) is 8.47. The van der Waals surface area contributed by atoms with E-state index >= 15 is 0 Å². The number of carbonyl (C=O) groups excluding carboxylic acids is 2. The molecule has 100 valence electrons. The van der Waals surface area contributed by atoms with Gasteiger partial charge in [0.2, 0.25) is 5.91 Å². The van der Waals surface area contributed by atoms with Gasteiger partial charge in [-0.2, -0.15) is 0 Å². The molecule has 6 heteroatoms. The Bertz CT molecular complexity index is 363. The summed E-state index contributed by atoms with van der Waals surface area (Å²) in [6, 6.07) is -0.593. The fourth-order valence-corrected chi connectivity index (χ4v) is 1.92. The van der Waals surface area contributed by atoms with Crippen LogP contribution in [0.3, 0.4) is 0 Å². The predicted molar refractivity (Wildman–Crippen MR) is 62.8 cm³/mol. The van der Waals surface area contributed by atoms with Crippen molar-refractivity contribution in [2.75, 3.05) is 13.2 Å². The molecular formula is C12H17NO5. The van der Waals surface area contributed by atoms with Crippen molar-refractivity contribution in [2.45, 2.75) is 32.2 Å². The van der Waals surface area contributed by atoms with Crippen molar-refractivity contribution in [3.05, 3.63) is 12.2 Å². The molecule has 1 unspecified atom stereocenters. The Kier molecular flexibility index (Phi) is 5.35. The maximum absolute atomic E-state index is 11.8. The number of hydrogen-bond donors (Lipinski definition) is 1. The topological polar surface area (TPSA) is 83.9 Å². The number of carboxylic acids is 1. The molecule has 1 aliphatic rings. The van der Waals surface area contributed by atoms with Crippen LogP contribution in [0.25, 0.3) is 0 Å². The zero-order valence-corrected chi connectivity index (χ0v) is 10.3. The largest absolute Gasteiger partial charge is 0.478 e. The monoisotopic (exact) mass is 255 g/mol. The molecule has 0 aromatic heterocycles. The summed E-state index contributed by atoms with van der Waals surface area (Å²) in [5.74, 6) is -2.07. The maximum atomic E-state index is 11.8. The summed E-state index contributed by atoms with van der Waals surface area (Å²) in [5.41, 5.74) is 0. The van der Waals surface area contributed by atoms with Gasteiger partial charge in [-0.25, -0.2) is 9.59 Å². The SMILES string of the molecule is CCOC(=O)C1CCCCN1C(=O)/C=C/C(=O)O. The van der Waals surface area contributed by atoms with Crippen LogP contribution in [0.15, 0.2) is 12.2 Å². The van der Waals surface area contributed by atoms with E-state index in [2.05, 4.69) is 0 Å². The fourth-order valence-electron chi connectivity index (χ4n) is 1.92. The van der Waals surface area contributed by atoms with E-state index in [4.69, 9.17) is 9.84 Å². The van der Waals surface area contributed by atoms with E-state index in [0.717, 1.165) is 25.0 Å². The normalized spacial score (nSPS) is 19.8. The van der Waals surface area contributed by atoms with Crippen LogP contribution in [0.2, 0.25) is 0 Å². The molecule has 1 rings (SSSR count). The summed E-state index contributed by atoms with van der Waals surface area (Å²) in [7, 11) is 0. The van der Waals surface area contributed by atoms with Crippen molar-refractivity contribution < 1.29 is 24.2 Å². The Morgan fingerprint density at radius 3 is 2.67 bits per heavy atom. The number of piperidine rings is 1. The van der Waals surface area contributed by atoms with Gasteiger partial charge >= 0.3 is 11.9 Å². The number of carbonyl (C=O) groups is 3. The fraction of sp³-hybridized carbons (Fsp3) is 0.583. The number of nitrogens with zero attached hydrogens (tertiary/aromatic N) is 1. The lowest BCUT2D eigenvalue weighted by molar-refractivity contribution is -0.155. The number of rotatable bonds is 4. The molecule has 1 fully saturated rings. The first kappa shape index (κ1) is 14.2. The van der Waals surface area contributed by atoms with Gasteiger partial charge in [-0.15, -0.1) is 0 Å². The van der Waals surface area contributed by atoms with Crippen molar-refractivity contribution in [2.24, 2.45) is 0 Å². The average molecular weight is 255 g/mol. The third kappa shape index (κ3) is 3.87. The van der Waals surface area contributed by atoms with Crippen LogP contribution in [0.1, 0.15) is 26.2 Å². The Balaban J connectivity index is 2.72. The minimum Gasteiger partial charge on any atom is -0.478 e. The lowest BCUT2D eigenvalue weighted by atomic mass is 10.0. The molecular weight excluding hydrogens is 238 g/mol. The molecule has 1 atom stereocenters. The molecule has 0 saturated carbocycles. The standard InChI is InChI=1S/C12H17NO5/c1-2-18-12(17)9-5-3-4-8-13(9)10(14)6-7-11(15)16/h6-7,9H,2-5,8H2,1H3,(H,15,16)/b7-6+. The quantitative estimate of drug-likeness (QED) is 0.586. The summed E-state index contributed by atoms with van der Waals surface area (Å²) < 4.78 is 4.91. The highest BCUT2D eigenvalue weighted by Gasteiger charge is 2.32. The highest BCUT2D eigenvalue weighted by atomic mass is 16.5. The molecule has 1 aliphatic heterocycles. The molecule has 0 bridgehead atoms. The molecule has 18 heavy (non-hydrogen) atoms. The molecule has 0 spiro atoms. The van der Waals surface area contributed by atoms with Crippen LogP contribution >= 0.6 is 0 Å². The highest BCUT2D eigenvalue weighted by Crippen LogP contribution is 2.18. The van der Waals surface area contributed by atoms with E-state index in [1.165, 1.54) is 4.90 Å². The number of likely N-dealkylation sites (tertiary alicyclic amines) is 1. The van der Waals surface area contributed by atoms with Gasteiger partial charge in [0.25, 0.3) is 0 Å². The summed E-state index contributed by atoms with van der Waals surface area (Å²) in [6.07, 6.45) is 3.98. The van der Waals surface area contributed by atoms with Crippen molar-refractivity contribution >= 4 is 17.8 Å². The Morgan fingerprint density at radius 2 is 2.06 bits per heavy atom. The van der Waals surface area contributed by atoms with Gasteiger partial charge in [0, 0.05) is 18.7 Å². The van der Waals surface area contributed by atoms with E-state index in [9.17, 15) is 14.4 Å². The average Bonchev–Trinajstić information content (AvgIpc) is 2.36. The molecule has 6 nitrogen and oxygen atoms in total. The summed E-state index contributed by atoms with van der Waals surface area (Å²) in [6.45, 7) is 2.42. The van der Waals surface area contributed by atoms with Gasteiger partial charge in [-0.3, -0.25) is 4.79 Å². The van der Waals surface area contributed by atoms with Crippen molar-refractivity contribution in [1.29, 1.82) is 0 Å². The third-order valence-corrected chi connectivity index (χ3v) is 2.71. The zero-order valence-electron chi connectivity index (χ0n) is 10.3. The number of esters is 1. The van der Waals surface area contributed by atoms with Crippen LogP contribution < -0.4 is 0 Å². The second-order valence-corrected chi connectivity index (χ2v) is 3.97. The lowest BCUT2D eigenvalue weighted by Gasteiger charge is -2.33. The van der Waals surface area contributed by atoms with Crippen LogP contribution in [-0.2, 0) is 19.1 Å². The van der Waals surface area contributed by atoms with Crippen LogP contribution in [0, 0.1) is 0 Å². The number of ether oxygens (including phenoxy) is 1. The number of amides is 1. The molecule has 0 aromatic carbocycles. The number of carboxylic acid groups (broad SMARTS) is 1. The first-order valence-corrected chi connectivity index (χ1v) is 5.94. The lowest BCUT2D eigenvalue weighted by Crippen LogP contribution is -2.48. The molecule has 1 heterocycles. The van der Waals surface area contributed by atoms with Crippen molar-refractivity contribution in [1.82, 2.24) is 4.90 Å². The summed E-state index contributed by atoms with van der Waals surface area (Å²) >= 11 is 0. The molecule has 1 N–H and O–H groups in total. The summed E-state index contributed by atoms with van der Waals surface area (Å²) in [4.78, 5) is 35.2. The van der Waals surface area contributed by atoms with Gasteiger partial charge in [-0.1, -0.05) is 0 Å². The van der Waals surface area contributed by atoms with Crippen LogP contribution in [0.4, 0.5) is 0 Å². The third-order valence-electron chi connectivity index (χ3n) is 2.71. The second kappa shape index (κ2) is 6.78. The number of aliphatic carboxylic acids is 1. The van der Waals surface area contributed by atoms with Gasteiger partial charge in [-0.05, 0) is 26.2 Å². The van der Waals surface area contributed by atoms with Gasteiger partial charge in [0.15, 0.2) is 0 Å². The first-order chi connectivity index (χ1) is 8.56. The van der Waals surface area contributed by atoms with E-state index in [-0.39, 0.29) is 6.61 Å². The Labute approximate surface area is 105 Å². The first-order valence-electron chi connectivity index (χ1n) is 5.94. The van der Waals surface area contributed by atoms with E-state index in [0.29, 0.717) is 13.0 Å². The molecule has 1 amide bonds. The minimum absolute atomic E-state index is 0.266. The van der Waals surface area contributed by atoms with E-state index in [1.54, 1.807) is 6.92 Å². The van der Waals surface area contributed by atoms with Crippen LogP contribution in [-0.4, -0.2) is 47.0 Å². The Hall–Kier alpha value is -1.85. The van der Waals surface area contributed by atoms with Gasteiger partial charge in [0.05, 0.1) is 6.61 Å². The smallest absolute Gasteiger partial charge is 0.328 e.